The van der Waals surface area contributed by atoms with Crippen LogP contribution < -0.4 is 11.5 Å². The minimum atomic E-state index is -0.532. The van der Waals surface area contributed by atoms with Crippen molar-refractivity contribution < 1.29 is 0 Å². The summed E-state index contributed by atoms with van der Waals surface area (Å²) >= 11 is 0. The Labute approximate surface area is 350 Å². The van der Waals surface area contributed by atoms with Gasteiger partial charge in [-0.15, -0.1) is 0 Å². The molecule has 1 aliphatic rings. The van der Waals surface area contributed by atoms with Crippen molar-refractivity contribution in [3.8, 4) is 11.1 Å². The van der Waals surface area contributed by atoms with Gasteiger partial charge in [-0.1, -0.05) is 220 Å². The lowest BCUT2D eigenvalue weighted by atomic mass is 9.68. The minimum Gasteiger partial charge on any atom is -0.404 e. The largest absolute Gasteiger partial charge is 0.404 e. The lowest BCUT2D eigenvalue weighted by molar-refractivity contribution is 0.644. The second-order valence-corrected chi connectivity index (χ2v) is 14.6. The Bertz CT molecular complexity index is 2700. The molecular formula is C57H50N2. The van der Waals surface area contributed by atoms with Crippen LogP contribution in [0.15, 0.2) is 244 Å². The van der Waals surface area contributed by atoms with E-state index in [9.17, 15) is 0 Å². The summed E-state index contributed by atoms with van der Waals surface area (Å²) in [4.78, 5) is 0. The first-order valence-electron chi connectivity index (χ1n) is 20.1. The highest BCUT2D eigenvalue weighted by Crippen LogP contribution is 2.58. The van der Waals surface area contributed by atoms with Crippen LogP contribution in [0.1, 0.15) is 45.4 Å². The molecular weight excluding hydrogens is 713 g/mol. The maximum atomic E-state index is 6.57. The molecule has 6 aromatic carbocycles. The van der Waals surface area contributed by atoms with Gasteiger partial charge in [0.2, 0.25) is 0 Å². The molecule has 0 fully saturated rings. The van der Waals surface area contributed by atoms with Gasteiger partial charge in [-0.3, -0.25) is 0 Å². The number of fused-ring (bicyclic) bond motifs is 4. The second-order valence-electron chi connectivity index (χ2n) is 14.6. The summed E-state index contributed by atoms with van der Waals surface area (Å²) in [6.45, 7) is 7.70. The Morgan fingerprint density at radius 1 is 0.593 bits per heavy atom. The molecule has 0 saturated carbocycles. The van der Waals surface area contributed by atoms with Gasteiger partial charge in [0.05, 0.1) is 5.41 Å². The van der Waals surface area contributed by atoms with E-state index in [1.807, 2.05) is 24.3 Å². The van der Waals surface area contributed by atoms with E-state index in [1.54, 1.807) is 12.3 Å². The van der Waals surface area contributed by atoms with Gasteiger partial charge < -0.3 is 11.5 Å². The molecule has 1 atom stereocenters. The Balaban J connectivity index is 1.37. The number of hydrogen-bond donors (Lipinski definition) is 2. The monoisotopic (exact) mass is 762 g/mol. The van der Waals surface area contributed by atoms with Crippen LogP contribution in [0.4, 0.5) is 0 Å². The topological polar surface area (TPSA) is 52.0 Å². The molecule has 0 saturated heterocycles. The first-order chi connectivity index (χ1) is 29.0. The quantitative estimate of drug-likeness (QED) is 0.102. The standard InChI is InChI=1S/C57H50N2/c1-3-4-5-12-29-47-30-19-20-35-53(47)57(39-21-8-9-23-43(2)59)54-36-22-34-51(56(54)52-40-48-31-16-17-32-49(48)41-55(52)57)50(42-58)33-18-15-28-46(45-26-13-7-14-27-45)38-37-44-24-10-6-11-25-44/h3-36,38,40-42H,1-2,37,39,58-59H2/b5-4-,21-8-,23-9-,28-15+,29-12-,33-18-,46-38+,50-42+. The Kier molecular flexibility index (Phi) is 12.9. The molecule has 4 N–H and O–H groups in total. The molecule has 7 rings (SSSR count). The van der Waals surface area contributed by atoms with E-state index in [0.717, 1.165) is 28.7 Å². The highest BCUT2D eigenvalue weighted by molar-refractivity contribution is 5.99. The zero-order valence-corrected chi connectivity index (χ0v) is 33.4. The first-order valence-corrected chi connectivity index (χ1v) is 20.1. The molecule has 0 radical (unpaired) electrons. The summed E-state index contributed by atoms with van der Waals surface area (Å²) in [7, 11) is 0. The van der Waals surface area contributed by atoms with E-state index in [2.05, 4.69) is 207 Å². The summed E-state index contributed by atoms with van der Waals surface area (Å²) in [5, 5.41) is 2.39. The maximum absolute atomic E-state index is 6.57. The fourth-order valence-electron chi connectivity index (χ4n) is 8.15. The van der Waals surface area contributed by atoms with Crippen LogP contribution in [0.25, 0.3) is 39.1 Å². The van der Waals surface area contributed by atoms with Gasteiger partial charge in [-0.05, 0) is 103 Å². The number of nitrogens with two attached hydrogens (primary N) is 2. The van der Waals surface area contributed by atoms with Crippen molar-refractivity contribution in [1.82, 2.24) is 0 Å². The van der Waals surface area contributed by atoms with Crippen LogP contribution in [0.3, 0.4) is 0 Å². The van der Waals surface area contributed by atoms with Gasteiger partial charge in [0.1, 0.15) is 0 Å². The van der Waals surface area contributed by atoms with Crippen LogP contribution in [0.2, 0.25) is 0 Å². The highest BCUT2D eigenvalue weighted by atomic mass is 14.5. The molecule has 0 spiro atoms. The number of rotatable bonds is 15. The van der Waals surface area contributed by atoms with Gasteiger partial charge in [-0.2, -0.15) is 0 Å². The molecule has 1 aliphatic carbocycles. The van der Waals surface area contributed by atoms with Crippen molar-refractivity contribution in [2.45, 2.75) is 18.3 Å². The van der Waals surface area contributed by atoms with E-state index in [0.29, 0.717) is 12.1 Å². The van der Waals surface area contributed by atoms with Gasteiger partial charge in [0.25, 0.3) is 0 Å². The van der Waals surface area contributed by atoms with Crippen LogP contribution in [-0.4, -0.2) is 0 Å². The second kappa shape index (κ2) is 19.1. The summed E-state index contributed by atoms with van der Waals surface area (Å²) in [5.41, 5.74) is 25.3. The minimum absolute atomic E-state index is 0.517. The number of hydrogen-bond acceptors (Lipinski definition) is 2. The highest BCUT2D eigenvalue weighted by Gasteiger charge is 2.46. The van der Waals surface area contributed by atoms with E-state index in [-0.39, 0.29) is 0 Å². The molecule has 0 bridgehead atoms. The summed E-state index contributed by atoms with van der Waals surface area (Å²) in [5.74, 6) is 0. The molecule has 0 heterocycles. The number of benzene rings is 6. The van der Waals surface area contributed by atoms with Gasteiger partial charge in [0.15, 0.2) is 0 Å². The third-order valence-electron chi connectivity index (χ3n) is 10.8. The van der Waals surface area contributed by atoms with E-state index >= 15 is 0 Å². The SMILES string of the molecule is C=C/C=C\C=C/c1ccccc1C1(C/C=C\C=C/C(=C)N)c2cc3ccccc3cc2-c2c(C(/C=C\C=C\C(=C/Cc3ccccc3)c3ccccc3)=C/N)cccc21. The van der Waals surface area contributed by atoms with Gasteiger partial charge in [-0.25, -0.2) is 0 Å². The Morgan fingerprint density at radius 2 is 1.25 bits per heavy atom. The Hall–Kier alpha value is -7.42. The summed E-state index contributed by atoms with van der Waals surface area (Å²) in [6.07, 6.45) is 32.2. The van der Waals surface area contributed by atoms with Crippen LogP contribution >= 0.6 is 0 Å². The van der Waals surface area contributed by atoms with Gasteiger partial charge in [0, 0.05) is 11.9 Å². The molecule has 2 heteroatoms. The zero-order valence-electron chi connectivity index (χ0n) is 33.4. The molecule has 2 nitrogen and oxygen atoms in total. The molecule has 288 valence electrons. The normalized spacial score (nSPS) is 15.7. The lowest BCUT2D eigenvalue weighted by Gasteiger charge is -2.34. The van der Waals surface area contributed by atoms with E-state index in [1.165, 1.54) is 49.7 Å². The predicted octanol–water partition coefficient (Wildman–Crippen LogP) is 13.6. The van der Waals surface area contributed by atoms with Gasteiger partial charge >= 0.3 is 0 Å². The third-order valence-corrected chi connectivity index (χ3v) is 10.8. The molecule has 0 aromatic heterocycles. The number of allylic oxidation sites excluding steroid dienone is 15. The van der Waals surface area contributed by atoms with Crippen molar-refractivity contribution >= 4 is 28.0 Å². The lowest BCUT2D eigenvalue weighted by Crippen LogP contribution is -2.27. The van der Waals surface area contributed by atoms with Crippen molar-refractivity contribution in [1.29, 1.82) is 0 Å². The smallest absolute Gasteiger partial charge is 0.0504 e. The maximum Gasteiger partial charge on any atom is 0.0504 e. The van der Waals surface area contributed by atoms with Crippen LogP contribution in [-0.2, 0) is 11.8 Å². The fraction of sp³-hybridized carbons (Fsp3) is 0.0526. The summed E-state index contributed by atoms with van der Waals surface area (Å²) < 4.78 is 0. The third kappa shape index (κ3) is 8.94. The van der Waals surface area contributed by atoms with Crippen LogP contribution in [0.5, 0.6) is 0 Å². The molecule has 0 amide bonds. The molecule has 59 heavy (non-hydrogen) atoms. The Morgan fingerprint density at radius 3 is 2.00 bits per heavy atom. The average Bonchev–Trinajstić information content (AvgIpc) is 3.55. The zero-order chi connectivity index (χ0) is 40.9. The fourth-order valence-corrected chi connectivity index (χ4v) is 8.15. The van der Waals surface area contributed by atoms with E-state index in [4.69, 9.17) is 11.5 Å². The first kappa shape index (κ1) is 39.8. The van der Waals surface area contributed by atoms with Crippen molar-refractivity contribution in [3.63, 3.8) is 0 Å². The van der Waals surface area contributed by atoms with Crippen LogP contribution in [0, 0.1) is 0 Å². The van der Waals surface area contributed by atoms with Crippen molar-refractivity contribution in [3.05, 3.63) is 283 Å². The molecule has 0 aliphatic heterocycles. The van der Waals surface area contributed by atoms with Crippen molar-refractivity contribution in [2.24, 2.45) is 11.5 Å². The predicted molar refractivity (Wildman–Crippen MR) is 255 cm³/mol. The van der Waals surface area contributed by atoms with Crippen molar-refractivity contribution in [2.75, 3.05) is 0 Å². The molecule has 6 aromatic rings. The summed E-state index contributed by atoms with van der Waals surface area (Å²) in [6, 6.07) is 49.9. The van der Waals surface area contributed by atoms with E-state index < -0.39 is 5.41 Å². The molecule has 1 unspecified atom stereocenters. The average molecular weight is 763 g/mol.